The molecule has 0 radical (unpaired) electrons. The van der Waals surface area contributed by atoms with E-state index in [9.17, 15) is 19.8 Å². The summed E-state index contributed by atoms with van der Waals surface area (Å²) in [6.07, 6.45) is 0. The lowest BCUT2D eigenvalue weighted by Gasteiger charge is -2.11. The molecule has 20 heavy (non-hydrogen) atoms. The Labute approximate surface area is 114 Å². The average molecular weight is 275 g/mol. The molecular weight excluding hydrogens is 262 g/mol. The summed E-state index contributed by atoms with van der Waals surface area (Å²) >= 11 is 0. The van der Waals surface area contributed by atoms with Crippen LogP contribution in [0.2, 0.25) is 0 Å². The third-order valence-electron chi connectivity index (χ3n) is 3.02. The molecule has 0 bridgehead atoms. The molecule has 3 N–H and O–H groups in total. The van der Waals surface area contributed by atoms with Crippen molar-refractivity contribution in [1.29, 1.82) is 0 Å². The molecule has 0 saturated heterocycles. The second kappa shape index (κ2) is 5.08. The second-order valence-electron chi connectivity index (χ2n) is 4.16. The largest absolute Gasteiger partial charge is 0.507 e. The van der Waals surface area contributed by atoms with Crippen molar-refractivity contribution in [1.82, 2.24) is 4.57 Å². The van der Waals surface area contributed by atoms with Crippen molar-refractivity contribution in [3.63, 3.8) is 0 Å². The molecule has 0 aliphatic heterocycles. The zero-order valence-corrected chi connectivity index (χ0v) is 10.7. The lowest BCUT2D eigenvalue weighted by atomic mass is 10.1. The Bertz CT molecular complexity index is 687. The number of hydrogen-bond donors (Lipinski definition) is 3. The molecule has 1 heterocycles. The summed E-state index contributed by atoms with van der Waals surface area (Å²) in [6, 6.07) is 7.34. The van der Waals surface area contributed by atoms with Gasteiger partial charge in [0, 0.05) is 12.1 Å². The minimum atomic E-state index is -1.24. The zero-order valence-electron chi connectivity index (χ0n) is 10.7. The third-order valence-corrected chi connectivity index (χ3v) is 3.02. The smallest absolute Gasteiger partial charge is 0.352 e. The van der Waals surface area contributed by atoms with Crippen molar-refractivity contribution >= 4 is 11.9 Å². The number of carboxylic acids is 2. The number of para-hydroxylation sites is 1. The first-order valence-electron chi connectivity index (χ1n) is 5.95. The molecule has 0 saturated carbocycles. The van der Waals surface area contributed by atoms with Crippen LogP contribution in [-0.2, 0) is 6.54 Å². The molecule has 0 spiro atoms. The first-order chi connectivity index (χ1) is 9.47. The molecule has 0 fully saturated rings. The molecule has 2 rings (SSSR count). The van der Waals surface area contributed by atoms with Gasteiger partial charge in [0.1, 0.15) is 11.4 Å². The molecule has 2 aromatic rings. The Hall–Kier alpha value is -2.76. The van der Waals surface area contributed by atoms with Crippen LogP contribution in [0.25, 0.3) is 11.3 Å². The summed E-state index contributed by atoms with van der Waals surface area (Å²) in [6.45, 7) is 1.99. The van der Waals surface area contributed by atoms with E-state index in [1.165, 1.54) is 10.6 Å². The average Bonchev–Trinajstić information content (AvgIpc) is 2.78. The molecule has 0 unspecified atom stereocenters. The number of carboxylic acid groups (broad SMARTS) is 2. The van der Waals surface area contributed by atoms with Gasteiger partial charge in [0.05, 0.1) is 11.3 Å². The van der Waals surface area contributed by atoms with Crippen molar-refractivity contribution in [3.05, 3.63) is 41.6 Å². The van der Waals surface area contributed by atoms with Crippen LogP contribution in [0.4, 0.5) is 0 Å². The maximum Gasteiger partial charge on any atom is 0.352 e. The Morgan fingerprint density at radius 1 is 1.15 bits per heavy atom. The quantitative estimate of drug-likeness (QED) is 0.794. The van der Waals surface area contributed by atoms with Gasteiger partial charge in [0.2, 0.25) is 0 Å². The second-order valence-corrected chi connectivity index (χ2v) is 4.16. The van der Waals surface area contributed by atoms with Crippen LogP contribution in [0, 0.1) is 0 Å². The van der Waals surface area contributed by atoms with E-state index < -0.39 is 11.9 Å². The monoisotopic (exact) mass is 275 g/mol. The number of hydrogen-bond acceptors (Lipinski definition) is 3. The standard InChI is InChI=1S/C14H13NO5/c1-2-15-10(14(19)20)7-9(13(17)18)12(15)8-5-3-4-6-11(8)16/h3-7,16H,2H2,1H3,(H,17,18)(H,19,20). The number of nitrogens with zero attached hydrogens (tertiary/aromatic N) is 1. The van der Waals surface area contributed by atoms with Crippen molar-refractivity contribution in [2.45, 2.75) is 13.5 Å². The van der Waals surface area contributed by atoms with E-state index in [2.05, 4.69) is 0 Å². The summed E-state index contributed by atoms with van der Waals surface area (Å²) in [5.41, 5.74) is 0.212. The molecule has 1 aromatic heterocycles. The maximum atomic E-state index is 11.3. The molecule has 0 aliphatic rings. The summed E-state index contributed by atoms with van der Waals surface area (Å²) in [5, 5.41) is 28.3. The van der Waals surface area contributed by atoms with Crippen LogP contribution < -0.4 is 0 Å². The van der Waals surface area contributed by atoms with Crippen molar-refractivity contribution in [2.75, 3.05) is 0 Å². The van der Waals surface area contributed by atoms with Gasteiger partial charge in [-0.2, -0.15) is 0 Å². The highest BCUT2D eigenvalue weighted by molar-refractivity contribution is 6.00. The molecule has 0 aliphatic carbocycles. The molecule has 104 valence electrons. The van der Waals surface area contributed by atoms with E-state index in [1.54, 1.807) is 25.1 Å². The highest BCUT2D eigenvalue weighted by Crippen LogP contribution is 2.34. The minimum absolute atomic E-state index is 0.0975. The summed E-state index contributed by atoms with van der Waals surface area (Å²) in [4.78, 5) is 22.5. The predicted octanol–water partition coefficient (Wildman–Crippen LogP) is 2.28. The van der Waals surface area contributed by atoms with Gasteiger partial charge >= 0.3 is 11.9 Å². The van der Waals surface area contributed by atoms with E-state index in [1.807, 2.05) is 0 Å². The van der Waals surface area contributed by atoms with Crippen molar-refractivity contribution in [3.8, 4) is 17.0 Å². The molecule has 0 amide bonds. The number of aromatic carboxylic acids is 2. The van der Waals surface area contributed by atoms with Gasteiger partial charge in [-0.15, -0.1) is 0 Å². The molecule has 1 aromatic carbocycles. The Balaban J connectivity index is 2.83. The van der Waals surface area contributed by atoms with Gasteiger partial charge in [-0.1, -0.05) is 12.1 Å². The first kappa shape index (κ1) is 13.7. The molecule has 0 atom stereocenters. The summed E-state index contributed by atoms with van der Waals surface area (Å²) < 4.78 is 1.36. The van der Waals surface area contributed by atoms with Crippen LogP contribution in [-0.4, -0.2) is 31.8 Å². The molecular formula is C14H13NO5. The van der Waals surface area contributed by atoms with E-state index in [-0.39, 0.29) is 29.2 Å². The number of rotatable bonds is 4. The topological polar surface area (TPSA) is 99.8 Å². The van der Waals surface area contributed by atoms with Gasteiger partial charge in [-0.05, 0) is 25.1 Å². The minimum Gasteiger partial charge on any atom is -0.507 e. The van der Waals surface area contributed by atoms with Crippen LogP contribution in [0.3, 0.4) is 0 Å². The zero-order chi connectivity index (χ0) is 14.9. The number of aromatic nitrogens is 1. The van der Waals surface area contributed by atoms with Gasteiger partial charge in [-0.3, -0.25) is 0 Å². The van der Waals surface area contributed by atoms with E-state index in [0.717, 1.165) is 6.07 Å². The van der Waals surface area contributed by atoms with Gasteiger partial charge in [0.15, 0.2) is 0 Å². The number of carbonyl (C=O) groups is 2. The van der Waals surface area contributed by atoms with Crippen molar-refractivity contribution < 1.29 is 24.9 Å². The third kappa shape index (κ3) is 2.11. The Morgan fingerprint density at radius 3 is 2.30 bits per heavy atom. The van der Waals surface area contributed by atoms with Gasteiger partial charge < -0.3 is 19.9 Å². The lowest BCUT2D eigenvalue weighted by Crippen LogP contribution is -2.08. The van der Waals surface area contributed by atoms with Crippen molar-refractivity contribution in [2.24, 2.45) is 0 Å². The van der Waals surface area contributed by atoms with Gasteiger partial charge in [0.25, 0.3) is 0 Å². The Morgan fingerprint density at radius 2 is 1.80 bits per heavy atom. The first-order valence-corrected chi connectivity index (χ1v) is 5.95. The lowest BCUT2D eigenvalue weighted by molar-refractivity contribution is 0.0683. The fourth-order valence-corrected chi connectivity index (χ4v) is 2.18. The van der Waals surface area contributed by atoms with Crippen LogP contribution in [0.15, 0.2) is 30.3 Å². The number of phenols is 1. The summed E-state index contributed by atoms with van der Waals surface area (Å²) in [5.74, 6) is -2.55. The van der Waals surface area contributed by atoms with Crippen LogP contribution in [0.1, 0.15) is 27.8 Å². The normalized spacial score (nSPS) is 10.4. The fourth-order valence-electron chi connectivity index (χ4n) is 2.18. The Kier molecular flexibility index (Phi) is 3.47. The molecule has 6 heteroatoms. The van der Waals surface area contributed by atoms with Crippen LogP contribution >= 0.6 is 0 Å². The van der Waals surface area contributed by atoms with E-state index in [0.29, 0.717) is 5.56 Å². The van der Waals surface area contributed by atoms with Crippen LogP contribution in [0.5, 0.6) is 5.75 Å². The highest BCUT2D eigenvalue weighted by atomic mass is 16.4. The number of phenolic OH excluding ortho intramolecular Hbond substituents is 1. The molecule has 6 nitrogen and oxygen atoms in total. The van der Waals surface area contributed by atoms with E-state index in [4.69, 9.17) is 5.11 Å². The predicted molar refractivity (Wildman–Crippen MR) is 71.1 cm³/mol. The van der Waals surface area contributed by atoms with Gasteiger partial charge in [-0.25, -0.2) is 9.59 Å². The number of aromatic hydroxyl groups is 1. The summed E-state index contributed by atoms with van der Waals surface area (Å²) in [7, 11) is 0. The highest BCUT2D eigenvalue weighted by Gasteiger charge is 2.24. The van der Waals surface area contributed by atoms with E-state index >= 15 is 0 Å². The fraction of sp³-hybridized carbons (Fsp3) is 0.143. The SMILES string of the molecule is CCn1c(C(=O)O)cc(C(=O)O)c1-c1ccccc1O. The maximum absolute atomic E-state index is 11.3. The number of benzene rings is 1.